The lowest BCUT2D eigenvalue weighted by molar-refractivity contribution is -0.0574. The van der Waals surface area contributed by atoms with E-state index in [1.54, 1.807) is 0 Å². The van der Waals surface area contributed by atoms with Crippen molar-refractivity contribution in [1.82, 2.24) is 19.1 Å². The largest absolute Gasteiger partial charge is 0.386 e. The molecule has 4 aromatic rings. The van der Waals surface area contributed by atoms with Crippen molar-refractivity contribution in [3.8, 4) is 0 Å². The number of aliphatic hydroxyl groups excluding tert-OH is 2. The monoisotopic (exact) mass is 860 g/mol. The maximum atomic E-state index is 13.6. The summed E-state index contributed by atoms with van der Waals surface area (Å²) in [6, 6.07) is 5.92. The number of aromatic nitrogens is 4. The van der Waals surface area contributed by atoms with E-state index in [9.17, 15) is 19.7 Å². The molecule has 48 heavy (non-hydrogen) atoms. The number of benzene rings is 2. The molecule has 2 aromatic heterocycles. The van der Waals surface area contributed by atoms with Crippen molar-refractivity contribution < 1.29 is 47.2 Å². The Labute approximate surface area is 310 Å². The van der Waals surface area contributed by atoms with Crippen LogP contribution in [0.4, 0.5) is 0 Å². The standard InChI is InChI=1S/C24H20Cl6N4O10P2S2/c25-7-1-11-13(3-9(7)27)33(23(29)31-11)21-17(35)19-15(41-21)5-39-46(38,48)44-20-16(6-40-45(37,47)43-19)42-22(18(20)36)34-14-4-10(28)8(26)2-12(14)32-24(34)30/h1-4,15-22,35-36H,5-6H2,(H,37,47)(H,38,48). The van der Waals surface area contributed by atoms with Crippen molar-refractivity contribution in [1.29, 1.82) is 0 Å². The molecule has 3 aliphatic rings. The Morgan fingerprint density at radius 3 is 1.65 bits per heavy atom. The first-order valence-corrected chi connectivity index (χ1v) is 21.1. The van der Waals surface area contributed by atoms with Crippen LogP contribution in [0.1, 0.15) is 12.5 Å². The van der Waals surface area contributed by atoms with Gasteiger partial charge in [0.2, 0.25) is 10.6 Å². The zero-order valence-electron chi connectivity index (χ0n) is 23.3. The van der Waals surface area contributed by atoms with Gasteiger partial charge < -0.3 is 29.1 Å². The van der Waals surface area contributed by atoms with Gasteiger partial charge in [0.15, 0.2) is 12.5 Å². The molecular formula is C24H20Cl6N4O10P2S2. The zero-order chi connectivity index (χ0) is 34.4. The summed E-state index contributed by atoms with van der Waals surface area (Å²) in [6.45, 7) is -9.66. The molecule has 5 heterocycles. The van der Waals surface area contributed by atoms with Crippen LogP contribution < -0.4 is 0 Å². The highest BCUT2D eigenvalue weighted by molar-refractivity contribution is 8.44. The lowest BCUT2D eigenvalue weighted by Gasteiger charge is -2.29. The third-order valence-electron chi connectivity index (χ3n) is 7.82. The second kappa shape index (κ2) is 13.4. The van der Waals surface area contributed by atoms with Gasteiger partial charge in [0, 0.05) is 0 Å². The summed E-state index contributed by atoms with van der Waals surface area (Å²) in [7, 11) is 0. The lowest BCUT2D eigenvalue weighted by atomic mass is 10.1. The minimum Gasteiger partial charge on any atom is -0.386 e. The molecule has 10 atom stereocenters. The number of fused-ring (bicyclic) bond motifs is 4. The van der Waals surface area contributed by atoms with Crippen LogP contribution >= 0.6 is 95.4 Å². The fourth-order valence-electron chi connectivity index (χ4n) is 5.70. The van der Waals surface area contributed by atoms with Crippen LogP contribution in [0, 0.1) is 0 Å². The molecule has 0 bridgehead atoms. The van der Waals surface area contributed by atoms with Gasteiger partial charge in [0.1, 0.15) is 36.6 Å². The Bertz CT molecular complexity index is 1900. The molecule has 3 N–H and O–H groups in total. The first-order chi connectivity index (χ1) is 22.5. The average Bonchev–Trinajstić information content (AvgIpc) is 3.67. The van der Waals surface area contributed by atoms with Gasteiger partial charge in [0.25, 0.3) is 0 Å². The van der Waals surface area contributed by atoms with E-state index in [1.807, 2.05) is 0 Å². The fourth-order valence-corrected chi connectivity index (χ4v) is 9.83. The van der Waals surface area contributed by atoms with Gasteiger partial charge in [-0.1, -0.05) is 58.7 Å². The Morgan fingerprint density at radius 1 is 0.750 bits per heavy atom. The van der Waals surface area contributed by atoms with Crippen LogP contribution in [-0.4, -0.2) is 84.0 Å². The lowest BCUT2D eigenvalue weighted by Crippen LogP contribution is -2.38. The molecule has 3 fully saturated rings. The van der Waals surface area contributed by atoms with Gasteiger partial charge in [-0.05, 0) is 59.3 Å². The number of hydrogen-bond donors (Lipinski definition) is 4. The third kappa shape index (κ3) is 6.69. The summed E-state index contributed by atoms with van der Waals surface area (Å²) in [5, 5.41) is 23.4. The van der Waals surface area contributed by atoms with E-state index in [1.165, 1.54) is 33.4 Å². The number of thiol groups is 1. The average molecular weight is 863 g/mol. The summed E-state index contributed by atoms with van der Waals surface area (Å²) in [4.78, 5) is 19.6. The molecule has 0 amide bonds. The first-order valence-electron chi connectivity index (χ1n) is 13.6. The van der Waals surface area contributed by atoms with Crippen molar-refractivity contribution in [3.63, 3.8) is 0 Å². The van der Waals surface area contributed by atoms with Crippen LogP contribution in [0.2, 0.25) is 30.7 Å². The Hall–Kier alpha value is -0.0100. The quantitative estimate of drug-likeness (QED) is 0.126. The van der Waals surface area contributed by atoms with Crippen molar-refractivity contribution in [2.24, 2.45) is 0 Å². The van der Waals surface area contributed by atoms with Crippen molar-refractivity contribution in [3.05, 3.63) is 54.9 Å². The maximum Gasteiger partial charge on any atom is 0.386 e. The molecular weight excluding hydrogens is 843 g/mol. The molecule has 24 heteroatoms. The molecule has 260 valence electrons. The summed E-state index contributed by atoms with van der Waals surface area (Å²) in [5.74, 6) is 0. The van der Waals surface area contributed by atoms with Gasteiger partial charge in [-0.2, -0.15) is 0 Å². The Morgan fingerprint density at radius 2 is 1.17 bits per heavy atom. The molecule has 14 nitrogen and oxygen atoms in total. The molecule has 7 rings (SSSR count). The second-order valence-electron chi connectivity index (χ2n) is 10.8. The number of imidazole rings is 2. The molecule has 0 spiro atoms. The highest BCUT2D eigenvalue weighted by Crippen LogP contribution is 2.58. The molecule has 0 saturated carbocycles. The first kappa shape index (κ1) is 36.4. The summed E-state index contributed by atoms with van der Waals surface area (Å²) in [5.41, 5.74) is 1.39. The van der Waals surface area contributed by atoms with Crippen molar-refractivity contribution in [2.75, 3.05) is 13.2 Å². The van der Waals surface area contributed by atoms with Crippen molar-refractivity contribution in [2.45, 2.75) is 49.1 Å². The molecule has 2 aromatic carbocycles. The topological polar surface area (TPSA) is 169 Å². The summed E-state index contributed by atoms with van der Waals surface area (Å²) >= 11 is 46.9. The molecule has 0 radical (unpaired) electrons. The van der Waals surface area contributed by atoms with Gasteiger partial charge in [-0.3, -0.25) is 22.7 Å². The van der Waals surface area contributed by atoms with E-state index in [-0.39, 0.29) is 30.7 Å². The normalized spacial score (nSPS) is 36.2. The van der Waals surface area contributed by atoms with Gasteiger partial charge in [-0.25, -0.2) is 14.5 Å². The minimum atomic E-state index is -4.34. The minimum absolute atomic E-state index is 0.0989. The summed E-state index contributed by atoms with van der Waals surface area (Å²) in [6.07, 6.45) is -11.1. The number of ether oxygens (including phenoxy) is 2. The van der Waals surface area contributed by atoms with Gasteiger partial charge in [-0.15, -0.1) is 0 Å². The highest BCUT2D eigenvalue weighted by atomic mass is 35.5. The SMILES string of the molecule is O=P1(S)OCC2OC(n3c(Cl)nc4cc(Cl)c(Cl)cc43)C(O)C2OP(O)(=S)OCC2OC(n3c(Cl)nc4cc(Cl)c(Cl)cc43)C(O)C2O1. The Kier molecular flexibility index (Phi) is 10.2. The predicted molar refractivity (Wildman–Crippen MR) is 184 cm³/mol. The van der Waals surface area contributed by atoms with Gasteiger partial charge >= 0.3 is 13.5 Å². The van der Waals surface area contributed by atoms with Gasteiger partial charge in [0.05, 0.1) is 55.4 Å². The smallest absolute Gasteiger partial charge is 0.386 e. The molecule has 10 unspecified atom stereocenters. The van der Waals surface area contributed by atoms with Crippen LogP contribution in [0.3, 0.4) is 0 Å². The van der Waals surface area contributed by atoms with Crippen LogP contribution in [-0.2, 0) is 43.9 Å². The van der Waals surface area contributed by atoms with E-state index in [0.29, 0.717) is 22.1 Å². The van der Waals surface area contributed by atoms with Crippen LogP contribution in [0.15, 0.2) is 24.3 Å². The van der Waals surface area contributed by atoms with Crippen LogP contribution in [0.5, 0.6) is 0 Å². The van der Waals surface area contributed by atoms with E-state index in [4.69, 9.17) is 109 Å². The fraction of sp³-hybridized carbons (Fsp3) is 0.417. The van der Waals surface area contributed by atoms with E-state index in [0.717, 1.165) is 0 Å². The van der Waals surface area contributed by atoms with Crippen LogP contribution in [0.25, 0.3) is 22.1 Å². The number of aliphatic hydroxyl groups is 2. The Balaban J connectivity index is 1.18. The number of nitrogens with zero attached hydrogens (tertiary/aromatic N) is 4. The summed E-state index contributed by atoms with van der Waals surface area (Å²) < 4.78 is 51.0. The molecule has 3 aliphatic heterocycles. The van der Waals surface area contributed by atoms with E-state index >= 15 is 0 Å². The van der Waals surface area contributed by atoms with E-state index < -0.39 is 75.8 Å². The number of halogens is 6. The number of hydrogen-bond acceptors (Lipinski definition) is 12. The van der Waals surface area contributed by atoms with Crippen molar-refractivity contribution >= 4 is 129 Å². The second-order valence-corrected chi connectivity index (χ2v) is 18.8. The predicted octanol–water partition coefficient (Wildman–Crippen LogP) is 6.60. The molecule has 0 aliphatic carbocycles. The highest BCUT2D eigenvalue weighted by Gasteiger charge is 2.53. The maximum absolute atomic E-state index is 13.6. The van der Waals surface area contributed by atoms with E-state index in [2.05, 4.69) is 22.2 Å². The zero-order valence-corrected chi connectivity index (χ0v) is 31.4. The number of rotatable bonds is 2. The molecule has 3 saturated heterocycles. The third-order valence-corrected chi connectivity index (χ3v) is 13.0.